The molecule has 0 aliphatic rings. The van der Waals surface area contributed by atoms with Gasteiger partial charge in [0.2, 0.25) is 0 Å². The van der Waals surface area contributed by atoms with Gasteiger partial charge < -0.3 is 10.1 Å². The maximum absolute atomic E-state index is 6.22. The summed E-state index contributed by atoms with van der Waals surface area (Å²) in [5.74, 6) is 0.885. The van der Waals surface area contributed by atoms with Gasteiger partial charge in [0.05, 0.1) is 6.61 Å². The number of nitrogens with one attached hydrogen (secondary N) is 1. The van der Waals surface area contributed by atoms with Crippen molar-refractivity contribution in [2.75, 3.05) is 6.61 Å². The van der Waals surface area contributed by atoms with Crippen LogP contribution in [0.4, 0.5) is 0 Å². The normalized spacial score (nSPS) is 11.6. The smallest absolute Gasteiger partial charge is 0.125 e. The first-order chi connectivity index (χ1) is 7.94. The fraction of sp³-hybridized carbons (Fsp3) is 0.571. The number of halogens is 1. The first kappa shape index (κ1) is 14.3. The van der Waals surface area contributed by atoms with E-state index in [1.165, 1.54) is 0 Å². The molecule has 0 saturated heterocycles. The van der Waals surface area contributed by atoms with Crippen molar-refractivity contribution in [1.82, 2.24) is 5.32 Å². The molecule has 0 radical (unpaired) electrons. The molecule has 0 aromatic heterocycles. The predicted molar refractivity (Wildman–Crippen MR) is 73.8 cm³/mol. The van der Waals surface area contributed by atoms with Crippen LogP contribution < -0.4 is 10.1 Å². The fourth-order valence-corrected chi connectivity index (χ4v) is 1.64. The Kier molecular flexibility index (Phi) is 5.29. The average Bonchev–Trinajstić information content (AvgIpc) is 2.23. The van der Waals surface area contributed by atoms with Crippen LogP contribution in [0.3, 0.4) is 0 Å². The summed E-state index contributed by atoms with van der Waals surface area (Å²) in [4.78, 5) is 0. The highest BCUT2D eigenvalue weighted by atomic mass is 35.5. The van der Waals surface area contributed by atoms with Gasteiger partial charge in [-0.25, -0.2) is 0 Å². The molecule has 96 valence electrons. The number of benzene rings is 1. The van der Waals surface area contributed by atoms with Crippen LogP contribution in [-0.2, 0) is 6.54 Å². The molecule has 17 heavy (non-hydrogen) atoms. The van der Waals surface area contributed by atoms with Crippen molar-refractivity contribution < 1.29 is 4.74 Å². The van der Waals surface area contributed by atoms with Gasteiger partial charge in [-0.1, -0.05) is 24.6 Å². The third kappa shape index (κ3) is 4.97. The van der Waals surface area contributed by atoms with E-state index >= 15 is 0 Å². The zero-order valence-electron chi connectivity index (χ0n) is 11.1. The molecule has 3 heteroatoms. The molecule has 0 spiro atoms. The van der Waals surface area contributed by atoms with Crippen LogP contribution in [0.2, 0.25) is 5.02 Å². The van der Waals surface area contributed by atoms with Crippen LogP contribution in [0.5, 0.6) is 5.75 Å². The molecule has 2 nitrogen and oxygen atoms in total. The minimum absolute atomic E-state index is 0.0706. The highest BCUT2D eigenvalue weighted by Crippen LogP contribution is 2.27. The van der Waals surface area contributed by atoms with E-state index in [0.29, 0.717) is 0 Å². The predicted octanol–water partition coefficient (Wildman–Crippen LogP) is 4.02. The summed E-state index contributed by atoms with van der Waals surface area (Å²) in [6.07, 6.45) is 0.999. The summed E-state index contributed by atoms with van der Waals surface area (Å²) in [6, 6.07) is 5.80. The zero-order valence-corrected chi connectivity index (χ0v) is 11.9. The maximum Gasteiger partial charge on any atom is 0.125 e. The van der Waals surface area contributed by atoms with Crippen molar-refractivity contribution >= 4 is 11.6 Å². The monoisotopic (exact) mass is 255 g/mol. The van der Waals surface area contributed by atoms with Gasteiger partial charge in [0.1, 0.15) is 5.75 Å². The molecule has 0 unspecified atom stereocenters. The molecule has 0 bridgehead atoms. The highest BCUT2D eigenvalue weighted by molar-refractivity contribution is 6.31. The molecular weight excluding hydrogens is 234 g/mol. The lowest BCUT2D eigenvalue weighted by Crippen LogP contribution is -2.35. The summed E-state index contributed by atoms with van der Waals surface area (Å²) >= 11 is 6.22. The topological polar surface area (TPSA) is 21.3 Å². The Morgan fingerprint density at radius 1 is 1.29 bits per heavy atom. The van der Waals surface area contributed by atoms with E-state index in [1.54, 1.807) is 0 Å². The van der Waals surface area contributed by atoms with Crippen LogP contribution in [-0.4, -0.2) is 12.1 Å². The van der Waals surface area contributed by atoms with Crippen LogP contribution in [0, 0.1) is 0 Å². The summed E-state index contributed by atoms with van der Waals surface area (Å²) in [7, 11) is 0. The van der Waals surface area contributed by atoms with Gasteiger partial charge in [-0.3, -0.25) is 0 Å². The van der Waals surface area contributed by atoms with E-state index < -0.39 is 0 Å². The minimum Gasteiger partial charge on any atom is -0.493 e. The van der Waals surface area contributed by atoms with E-state index in [2.05, 4.69) is 33.0 Å². The number of hydrogen-bond donors (Lipinski definition) is 1. The quantitative estimate of drug-likeness (QED) is 0.858. The molecule has 1 N–H and O–H groups in total. The van der Waals surface area contributed by atoms with Crippen molar-refractivity contribution in [3.05, 3.63) is 28.8 Å². The van der Waals surface area contributed by atoms with Crippen molar-refractivity contribution in [2.24, 2.45) is 0 Å². The largest absolute Gasteiger partial charge is 0.493 e. The number of ether oxygens (including phenoxy) is 1. The van der Waals surface area contributed by atoms with Gasteiger partial charge in [-0.15, -0.1) is 0 Å². The molecule has 0 aliphatic heterocycles. The Morgan fingerprint density at radius 2 is 2.00 bits per heavy atom. The van der Waals surface area contributed by atoms with E-state index in [-0.39, 0.29) is 5.54 Å². The summed E-state index contributed by atoms with van der Waals surface area (Å²) in [5, 5.41) is 4.19. The SMILES string of the molecule is CCCOc1cccc(Cl)c1CNC(C)(C)C. The van der Waals surface area contributed by atoms with Crippen molar-refractivity contribution in [3.8, 4) is 5.75 Å². The van der Waals surface area contributed by atoms with Gasteiger partial charge in [0.25, 0.3) is 0 Å². The standard InChI is InChI=1S/C14H22ClNO/c1-5-9-17-13-8-6-7-12(15)11(13)10-16-14(2,3)4/h6-8,16H,5,9-10H2,1-4H3. The highest BCUT2D eigenvalue weighted by Gasteiger charge is 2.13. The van der Waals surface area contributed by atoms with Gasteiger partial charge in [0, 0.05) is 22.7 Å². The molecule has 1 rings (SSSR count). The first-order valence-electron chi connectivity index (χ1n) is 6.09. The molecule has 0 atom stereocenters. The second-order valence-corrected chi connectivity index (χ2v) is 5.58. The Labute approximate surface area is 109 Å². The molecule has 0 heterocycles. The molecular formula is C14H22ClNO. The third-order valence-corrected chi connectivity index (χ3v) is 2.69. The van der Waals surface area contributed by atoms with E-state index in [0.717, 1.165) is 35.9 Å². The van der Waals surface area contributed by atoms with Crippen molar-refractivity contribution in [3.63, 3.8) is 0 Å². The summed E-state index contributed by atoms with van der Waals surface area (Å²) in [6.45, 7) is 9.95. The summed E-state index contributed by atoms with van der Waals surface area (Å²) in [5.41, 5.74) is 1.11. The Hall–Kier alpha value is -0.730. The molecule has 0 saturated carbocycles. The van der Waals surface area contributed by atoms with Gasteiger partial charge in [-0.05, 0) is 39.3 Å². The first-order valence-corrected chi connectivity index (χ1v) is 6.47. The Balaban J connectivity index is 2.80. The molecule has 0 fully saturated rings. The third-order valence-electron chi connectivity index (χ3n) is 2.33. The van der Waals surface area contributed by atoms with Crippen molar-refractivity contribution in [1.29, 1.82) is 0 Å². The van der Waals surface area contributed by atoms with Crippen LogP contribution >= 0.6 is 11.6 Å². The second kappa shape index (κ2) is 6.27. The van der Waals surface area contributed by atoms with E-state index in [4.69, 9.17) is 16.3 Å². The van der Waals surface area contributed by atoms with Crippen molar-refractivity contribution in [2.45, 2.75) is 46.2 Å². The second-order valence-electron chi connectivity index (χ2n) is 5.17. The lowest BCUT2D eigenvalue weighted by Gasteiger charge is -2.22. The summed E-state index contributed by atoms with van der Waals surface area (Å²) < 4.78 is 5.71. The lowest BCUT2D eigenvalue weighted by molar-refractivity contribution is 0.311. The van der Waals surface area contributed by atoms with Gasteiger partial charge >= 0.3 is 0 Å². The fourth-order valence-electron chi connectivity index (χ4n) is 1.41. The Morgan fingerprint density at radius 3 is 2.59 bits per heavy atom. The Bertz CT molecular complexity index is 358. The minimum atomic E-state index is 0.0706. The number of rotatable bonds is 5. The van der Waals surface area contributed by atoms with Crippen LogP contribution in [0.25, 0.3) is 0 Å². The van der Waals surface area contributed by atoms with E-state index in [1.807, 2.05) is 18.2 Å². The van der Waals surface area contributed by atoms with Gasteiger partial charge in [-0.2, -0.15) is 0 Å². The van der Waals surface area contributed by atoms with Crippen LogP contribution in [0.1, 0.15) is 39.7 Å². The van der Waals surface area contributed by atoms with Crippen LogP contribution in [0.15, 0.2) is 18.2 Å². The van der Waals surface area contributed by atoms with Gasteiger partial charge in [0.15, 0.2) is 0 Å². The average molecular weight is 256 g/mol. The maximum atomic E-state index is 6.22. The molecule has 1 aromatic rings. The molecule has 0 amide bonds. The zero-order chi connectivity index (χ0) is 12.9. The lowest BCUT2D eigenvalue weighted by atomic mass is 10.1. The van der Waals surface area contributed by atoms with E-state index in [9.17, 15) is 0 Å². The molecule has 1 aromatic carbocycles. The number of hydrogen-bond acceptors (Lipinski definition) is 2. The molecule has 0 aliphatic carbocycles.